The maximum Gasteiger partial charge on any atom is 0.158 e. The first-order valence-electron chi connectivity index (χ1n) is 5.92. The number of hydrogen-bond donors (Lipinski definition) is 0. The molecular weight excluding hydrogens is 224 g/mol. The van der Waals surface area contributed by atoms with Crippen molar-refractivity contribution in [2.75, 3.05) is 0 Å². The summed E-state index contributed by atoms with van der Waals surface area (Å²) in [6.07, 6.45) is 0.752. The second-order valence-electron chi connectivity index (χ2n) is 4.32. The molecule has 3 heteroatoms. The molecule has 0 aliphatic carbocycles. The van der Waals surface area contributed by atoms with Gasteiger partial charge in [-0.25, -0.2) is 0 Å². The van der Waals surface area contributed by atoms with Crippen LogP contribution < -0.4 is 5.73 Å². The molecule has 1 heterocycles. The maximum absolute atomic E-state index is 7.47. The Balaban J connectivity index is 1.76. The third-order valence-electron chi connectivity index (χ3n) is 3.06. The van der Waals surface area contributed by atoms with E-state index in [1.54, 1.807) is 12.1 Å². The summed E-state index contributed by atoms with van der Waals surface area (Å²) in [5, 5.41) is 4.16. The topological polar surface area (TPSA) is 45.4 Å². The largest absolute Gasteiger partial charge is 0.387 e. The number of nitrogens with one attached hydrogen (secondary N) is 1. The molecule has 3 rings (SSSR count). The van der Waals surface area contributed by atoms with Crippen molar-refractivity contribution in [3.8, 4) is 0 Å². The van der Waals surface area contributed by atoms with E-state index in [2.05, 4.69) is 5.16 Å². The van der Waals surface area contributed by atoms with E-state index in [-0.39, 0.29) is 6.10 Å². The zero-order chi connectivity index (χ0) is 12.4. The molecule has 2 aromatic rings. The SMILES string of the molecule is [NH]c1ccc(C2CC(c3ccccc3)=NO2)cc1. The van der Waals surface area contributed by atoms with Crippen molar-refractivity contribution in [2.45, 2.75) is 12.5 Å². The van der Waals surface area contributed by atoms with Crippen LogP contribution in [0.2, 0.25) is 0 Å². The molecule has 0 saturated heterocycles. The first-order chi connectivity index (χ1) is 8.83. The van der Waals surface area contributed by atoms with Crippen molar-refractivity contribution in [2.24, 2.45) is 5.16 Å². The van der Waals surface area contributed by atoms with E-state index in [1.807, 2.05) is 42.5 Å². The van der Waals surface area contributed by atoms with Crippen molar-refractivity contribution in [1.29, 1.82) is 0 Å². The normalized spacial score (nSPS) is 18.2. The summed E-state index contributed by atoms with van der Waals surface area (Å²) in [6.45, 7) is 0. The second kappa shape index (κ2) is 4.53. The van der Waals surface area contributed by atoms with E-state index in [1.165, 1.54) is 0 Å². The average Bonchev–Trinajstić information content (AvgIpc) is 2.90. The predicted molar refractivity (Wildman–Crippen MR) is 70.6 cm³/mol. The summed E-state index contributed by atoms with van der Waals surface area (Å²) >= 11 is 0. The fourth-order valence-electron chi connectivity index (χ4n) is 2.05. The minimum absolute atomic E-state index is 0.0270. The van der Waals surface area contributed by atoms with Gasteiger partial charge in [-0.2, -0.15) is 0 Å². The molecule has 1 N–H and O–H groups in total. The van der Waals surface area contributed by atoms with Gasteiger partial charge < -0.3 is 10.6 Å². The molecule has 2 aromatic carbocycles. The highest BCUT2D eigenvalue weighted by atomic mass is 16.6. The van der Waals surface area contributed by atoms with Gasteiger partial charge in [-0.05, 0) is 23.3 Å². The molecule has 0 fully saturated rings. The lowest BCUT2D eigenvalue weighted by Crippen LogP contribution is -2.01. The second-order valence-corrected chi connectivity index (χ2v) is 4.32. The number of oxime groups is 1. The molecular formula is C15H13N2O. The molecule has 1 aliphatic heterocycles. The van der Waals surface area contributed by atoms with Crippen LogP contribution in [-0.2, 0) is 4.84 Å². The lowest BCUT2D eigenvalue weighted by molar-refractivity contribution is 0.0857. The maximum atomic E-state index is 7.47. The molecule has 1 unspecified atom stereocenters. The van der Waals surface area contributed by atoms with Crippen molar-refractivity contribution in [3.63, 3.8) is 0 Å². The van der Waals surface area contributed by atoms with Crippen LogP contribution in [0.25, 0.3) is 0 Å². The van der Waals surface area contributed by atoms with E-state index in [4.69, 9.17) is 10.6 Å². The minimum atomic E-state index is -0.0270. The van der Waals surface area contributed by atoms with Crippen LogP contribution in [0.4, 0.5) is 5.69 Å². The summed E-state index contributed by atoms with van der Waals surface area (Å²) in [7, 11) is 0. The van der Waals surface area contributed by atoms with E-state index in [0.717, 1.165) is 23.3 Å². The highest BCUT2D eigenvalue weighted by molar-refractivity contribution is 6.01. The molecule has 0 spiro atoms. The zero-order valence-corrected chi connectivity index (χ0v) is 9.84. The first kappa shape index (κ1) is 10.8. The van der Waals surface area contributed by atoms with Gasteiger partial charge in [0.2, 0.25) is 0 Å². The Morgan fingerprint density at radius 3 is 2.44 bits per heavy atom. The summed E-state index contributed by atoms with van der Waals surface area (Å²) in [5.41, 5.74) is 11.1. The molecule has 0 bridgehead atoms. The Morgan fingerprint density at radius 2 is 1.72 bits per heavy atom. The number of nitrogens with zero attached hydrogens (tertiary/aromatic N) is 1. The van der Waals surface area contributed by atoms with Gasteiger partial charge in [0.1, 0.15) is 0 Å². The van der Waals surface area contributed by atoms with Gasteiger partial charge in [-0.3, -0.25) is 0 Å². The smallest absolute Gasteiger partial charge is 0.158 e. The van der Waals surface area contributed by atoms with Crippen molar-refractivity contribution < 1.29 is 4.84 Å². The lowest BCUT2D eigenvalue weighted by atomic mass is 10.0. The van der Waals surface area contributed by atoms with E-state index in [9.17, 15) is 0 Å². The van der Waals surface area contributed by atoms with Crippen LogP contribution in [0.3, 0.4) is 0 Å². The first-order valence-corrected chi connectivity index (χ1v) is 5.92. The number of rotatable bonds is 2. The molecule has 3 nitrogen and oxygen atoms in total. The Labute approximate surface area is 106 Å². The van der Waals surface area contributed by atoms with Gasteiger partial charge in [0.25, 0.3) is 0 Å². The highest BCUT2D eigenvalue weighted by Gasteiger charge is 2.23. The quantitative estimate of drug-likeness (QED) is 0.788. The standard InChI is InChI=1S/C15H13N2O/c16-13-8-6-12(7-9-13)15-10-14(17-18-15)11-4-2-1-3-5-11/h1-9,15-16H,10H2. The van der Waals surface area contributed by atoms with Crippen molar-refractivity contribution >= 4 is 11.4 Å². The van der Waals surface area contributed by atoms with Crippen molar-refractivity contribution in [3.05, 3.63) is 65.7 Å². The Bertz CT molecular complexity index is 561. The molecule has 0 amide bonds. The Morgan fingerprint density at radius 1 is 1.00 bits per heavy atom. The molecule has 18 heavy (non-hydrogen) atoms. The van der Waals surface area contributed by atoms with Crippen LogP contribution in [-0.4, -0.2) is 5.71 Å². The molecule has 89 valence electrons. The number of hydrogen-bond acceptors (Lipinski definition) is 2. The van der Waals surface area contributed by atoms with Crippen LogP contribution in [0, 0.1) is 0 Å². The summed E-state index contributed by atoms with van der Waals surface area (Å²) in [4.78, 5) is 5.47. The Hall–Kier alpha value is -2.29. The third kappa shape index (κ3) is 2.07. The van der Waals surface area contributed by atoms with E-state index in [0.29, 0.717) is 5.69 Å². The van der Waals surface area contributed by atoms with E-state index < -0.39 is 0 Å². The molecule has 1 atom stereocenters. The van der Waals surface area contributed by atoms with Crippen LogP contribution in [0.15, 0.2) is 59.8 Å². The summed E-state index contributed by atoms with van der Waals surface area (Å²) < 4.78 is 0. The van der Waals surface area contributed by atoms with Gasteiger partial charge >= 0.3 is 0 Å². The lowest BCUT2D eigenvalue weighted by Gasteiger charge is -2.08. The predicted octanol–water partition coefficient (Wildman–Crippen LogP) is 3.47. The molecule has 1 radical (unpaired) electrons. The highest BCUT2D eigenvalue weighted by Crippen LogP contribution is 2.29. The zero-order valence-electron chi connectivity index (χ0n) is 9.84. The molecule has 1 aliphatic rings. The fourth-order valence-corrected chi connectivity index (χ4v) is 2.05. The van der Waals surface area contributed by atoms with Gasteiger partial charge in [0, 0.05) is 6.42 Å². The molecule has 0 aromatic heterocycles. The van der Waals surface area contributed by atoms with Gasteiger partial charge in [-0.15, -0.1) is 0 Å². The fraction of sp³-hybridized carbons (Fsp3) is 0.133. The summed E-state index contributed by atoms with van der Waals surface area (Å²) in [6, 6.07) is 17.5. The molecule has 0 saturated carbocycles. The minimum Gasteiger partial charge on any atom is -0.387 e. The van der Waals surface area contributed by atoms with Crippen molar-refractivity contribution in [1.82, 2.24) is 5.73 Å². The Kier molecular flexibility index (Phi) is 2.73. The van der Waals surface area contributed by atoms with E-state index >= 15 is 0 Å². The van der Waals surface area contributed by atoms with Gasteiger partial charge in [0.05, 0.1) is 11.4 Å². The monoisotopic (exact) mass is 237 g/mol. The summed E-state index contributed by atoms with van der Waals surface area (Å²) in [5.74, 6) is 0. The van der Waals surface area contributed by atoms with Crippen LogP contribution >= 0.6 is 0 Å². The van der Waals surface area contributed by atoms with Gasteiger partial charge in [0.15, 0.2) is 6.10 Å². The average molecular weight is 237 g/mol. The third-order valence-corrected chi connectivity index (χ3v) is 3.06. The van der Waals surface area contributed by atoms with Crippen LogP contribution in [0.1, 0.15) is 23.7 Å². The van der Waals surface area contributed by atoms with Gasteiger partial charge in [-0.1, -0.05) is 47.6 Å². The van der Waals surface area contributed by atoms with Crippen LogP contribution in [0.5, 0.6) is 0 Å². The number of benzene rings is 2.